The highest BCUT2D eigenvalue weighted by atomic mass is 127. The highest BCUT2D eigenvalue weighted by molar-refractivity contribution is 14.2. The van der Waals surface area contributed by atoms with Gasteiger partial charge in [0.15, 0.2) is 25.6 Å². The first kappa shape index (κ1) is 18.0. The molecule has 0 aromatic carbocycles. The third-order valence-electron chi connectivity index (χ3n) is 2.21. The first-order valence-electron chi connectivity index (χ1n) is 5.33. The molecular weight excluding hydrogens is 433 g/mol. The Labute approximate surface area is 132 Å². The van der Waals surface area contributed by atoms with E-state index in [0.717, 1.165) is 12.5 Å². The summed E-state index contributed by atoms with van der Waals surface area (Å²) < 4.78 is 47.0. The Balaban J connectivity index is 3.69. The van der Waals surface area contributed by atoms with Crippen molar-refractivity contribution >= 4 is 55.8 Å². The van der Waals surface area contributed by atoms with E-state index in [1.165, 1.54) is 13.0 Å². The van der Waals surface area contributed by atoms with Crippen molar-refractivity contribution in [3.05, 3.63) is 19.5 Å². The van der Waals surface area contributed by atoms with E-state index >= 15 is 0 Å². The van der Waals surface area contributed by atoms with Crippen molar-refractivity contribution in [2.24, 2.45) is 16.5 Å². The van der Waals surface area contributed by atoms with Crippen LogP contribution in [0.1, 0.15) is 6.92 Å². The average molecular weight is 447 g/mol. The summed E-state index contributed by atoms with van der Waals surface area (Å²) in [6, 6.07) is 0. The number of hydrogen-bond acceptors (Lipinski definition) is 5. The predicted octanol–water partition coefficient (Wildman–Crippen LogP) is -0.852. The fourth-order valence-electron chi connectivity index (χ4n) is 1.40. The van der Waals surface area contributed by atoms with Gasteiger partial charge in [0.2, 0.25) is 0 Å². The number of rotatable bonds is 3. The molecule has 118 valence electrons. The second-order valence-corrected chi connectivity index (χ2v) is 11.6. The largest absolute Gasteiger partial charge is 0.370 e. The summed E-state index contributed by atoms with van der Waals surface area (Å²) in [5, 5.41) is 0. The van der Waals surface area contributed by atoms with Crippen LogP contribution in [0.5, 0.6) is 0 Å². The Morgan fingerprint density at radius 1 is 1.14 bits per heavy atom. The summed E-state index contributed by atoms with van der Waals surface area (Å²) >= 11 is -1.53. The summed E-state index contributed by atoms with van der Waals surface area (Å²) in [7, 11) is -7.48. The molecule has 0 unspecified atom stereocenters. The minimum absolute atomic E-state index is 0.148. The molecule has 1 rings (SSSR count). The van der Waals surface area contributed by atoms with Crippen molar-refractivity contribution < 1.29 is 21.6 Å². The normalized spacial score (nSPS) is 16.5. The van der Waals surface area contributed by atoms with Gasteiger partial charge in [-0.2, -0.15) is 4.99 Å². The van der Waals surface area contributed by atoms with E-state index in [9.17, 15) is 21.6 Å². The van der Waals surface area contributed by atoms with Crippen molar-refractivity contribution in [1.29, 1.82) is 0 Å². The van der Waals surface area contributed by atoms with Crippen LogP contribution < -0.4 is 11.5 Å². The number of guanidine groups is 1. The van der Waals surface area contributed by atoms with Crippen LogP contribution in [0.2, 0.25) is 0 Å². The molecule has 0 radical (unpaired) electrons. The molecule has 1 aliphatic heterocycles. The zero-order valence-electron chi connectivity index (χ0n) is 11.4. The van der Waals surface area contributed by atoms with Crippen LogP contribution >= 0.6 is 20.7 Å². The van der Waals surface area contributed by atoms with Gasteiger partial charge in [0.25, 0.3) is 5.91 Å². The number of carbonyl (C=O) groups is 1. The van der Waals surface area contributed by atoms with Crippen molar-refractivity contribution in [2.75, 3.05) is 12.5 Å². The summed E-state index contributed by atoms with van der Waals surface area (Å²) in [6.07, 6.45) is 3.00. The smallest absolute Gasteiger partial charge is 0.286 e. The van der Waals surface area contributed by atoms with E-state index < -0.39 is 52.3 Å². The minimum atomic E-state index is -3.76. The maximum absolute atomic E-state index is 11.9. The molecule has 1 aliphatic rings. The van der Waals surface area contributed by atoms with Crippen LogP contribution in [-0.2, 0) is 24.5 Å². The molecule has 1 heterocycles. The lowest BCUT2D eigenvalue weighted by Gasteiger charge is -2.14. The van der Waals surface area contributed by atoms with Gasteiger partial charge in [-0.15, -0.1) is 0 Å². The maximum Gasteiger partial charge on any atom is 0.286 e. The van der Waals surface area contributed by atoms with Gasteiger partial charge < -0.3 is 11.5 Å². The zero-order chi connectivity index (χ0) is 16.6. The lowest BCUT2D eigenvalue weighted by atomic mass is 10.2. The average Bonchev–Trinajstić information content (AvgIpc) is 2.24. The number of allylic oxidation sites excluding steroid dienone is 1. The Bertz CT molecular complexity index is 828. The van der Waals surface area contributed by atoms with E-state index in [2.05, 4.69) is 4.99 Å². The van der Waals surface area contributed by atoms with Crippen molar-refractivity contribution in [1.82, 2.24) is 0 Å². The molecule has 0 aromatic heterocycles. The molecule has 0 fully saturated rings. The Hall–Kier alpha value is -1.08. The summed E-state index contributed by atoms with van der Waals surface area (Å²) in [6.45, 7) is 1.51. The lowest BCUT2D eigenvalue weighted by molar-refractivity contribution is -0.111. The lowest BCUT2D eigenvalue weighted by Crippen LogP contribution is -2.27. The summed E-state index contributed by atoms with van der Waals surface area (Å²) in [5.41, 5.74) is 10.6. The first-order valence-corrected chi connectivity index (χ1v) is 11.3. The SMILES string of the molecule is CC1=CC(S(C)(=O)=O)=C(S(C)(=O)=O)I=C1C(=O)N=C(N)N. The standard InChI is InChI=1S/C10H14IN3O5S2/c1-5-4-6(20(2,16)17)8(21(3,18)19)11-7(5)9(15)14-10(12)13/h4H,1-3H3,(H4,12,13,14,15). The van der Waals surface area contributed by atoms with Crippen LogP contribution in [0, 0.1) is 0 Å². The molecule has 0 aliphatic carbocycles. The second-order valence-electron chi connectivity index (χ2n) is 4.26. The van der Waals surface area contributed by atoms with Crippen LogP contribution in [0.15, 0.2) is 24.5 Å². The van der Waals surface area contributed by atoms with E-state index in [1.54, 1.807) is 0 Å². The third kappa shape index (κ3) is 4.44. The Morgan fingerprint density at radius 3 is 2.05 bits per heavy atom. The molecule has 4 N–H and O–H groups in total. The molecule has 0 spiro atoms. The number of amides is 1. The summed E-state index contributed by atoms with van der Waals surface area (Å²) in [5.74, 6) is -1.19. The van der Waals surface area contributed by atoms with Crippen LogP contribution in [0.25, 0.3) is 0 Å². The van der Waals surface area contributed by atoms with Gasteiger partial charge in [0, 0.05) is 12.5 Å². The maximum atomic E-state index is 11.9. The van der Waals surface area contributed by atoms with E-state index in [0.29, 0.717) is 5.57 Å². The molecule has 0 aromatic rings. The number of sulfone groups is 2. The van der Waals surface area contributed by atoms with Gasteiger partial charge in [-0.25, -0.2) is 16.8 Å². The molecule has 8 nitrogen and oxygen atoms in total. The minimum Gasteiger partial charge on any atom is -0.370 e. The predicted molar refractivity (Wildman–Crippen MR) is 90.3 cm³/mol. The van der Waals surface area contributed by atoms with Gasteiger partial charge >= 0.3 is 0 Å². The van der Waals surface area contributed by atoms with Gasteiger partial charge in [0.05, 0.1) is 8.41 Å². The topological polar surface area (TPSA) is 150 Å². The molecule has 1 amide bonds. The molecule has 0 bridgehead atoms. The Morgan fingerprint density at radius 2 is 1.67 bits per heavy atom. The van der Waals surface area contributed by atoms with Gasteiger partial charge in [-0.05, 0) is 18.6 Å². The molecule has 0 saturated carbocycles. The molecule has 21 heavy (non-hydrogen) atoms. The number of hydrogen-bond donors (Lipinski definition) is 2. The Kier molecular flexibility index (Phi) is 5.10. The van der Waals surface area contributed by atoms with Gasteiger partial charge in [-0.1, -0.05) is 20.7 Å². The number of carbonyl (C=O) groups excluding carboxylic acids is 1. The third-order valence-corrected chi connectivity index (χ3v) is 10.5. The van der Waals surface area contributed by atoms with E-state index in [4.69, 9.17) is 11.5 Å². The fraction of sp³-hybridized carbons (Fsp3) is 0.300. The first-order chi connectivity index (χ1) is 9.34. The summed E-state index contributed by atoms with van der Waals surface area (Å²) in [4.78, 5) is 15.0. The molecule has 11 heteroatoms. The quantitative estimate of drug-likeness (QED) is 0.325. The van der Waals surface area contributed by atoms with Crippen molar-refractivity contribution in [3.8, 4) is 0 Å². The molecule has 0 saturated heterocycles. The number of aliphatic imine (C=N–C) groups is 1. The van der Waals surface area contributed by atoms with Gasteiger partial charge in [-0.3, -0.25) is 4.79 Å². The highest BCUT2D eigenvalue weighted by Gasteiger charge is 2.28. The number of nitrogens with zero attached hydrogens (tertiary/aromatic N) is 1. The highest BCUT2D eigenvalue weighted by Crippen LogP contribution is 2.35. The van der Waals surface area contributed by atoms with Crippen LogP contribution in [-0.4, -0.2) is 44.7 Å². The molecule has 0 atom stereocenters. The number of nitrogens with two attached hydrogens (primary N) is 2. The molecular formula is C10H14IN3O5S2. The zero-order valence-corrected chi connectivity index (χ0v) is 15.2. The van der Waals surface area contributed by atoms with Crippen LogP contribution in [0.4, 0.5) is 0 Å². The monoisotopic (exact) mass is 447 g/mol. The fourth-order valence-corrected chi connectivity index (χ4v) is 8.58. The van der Waals surface area contributed by atoms with Gasteiger partial charge in [0.1, 0.15) is 2.91 Å². The van der Waals surface area contributed by atoms with Crippen molar-refractivity contribution in [3.63, 3.8) is 0 Å². The van der Waals surface area contributed by atoms with E-state index in [1.807, 2.05) is 0 Å². The number of halogens is 1. The second kappa shape index (κ2) is 5.96. The van der Waals surface area contributed by atoms with Crippen molar-refractivity contribution in [2.45, 2.75) is 6.92 Å². The van der Waals surface area contributed by atoms with E-state index in [-0.39, 0.29) is 11.3 Å². The van der Waals surface area contributed by atoms with Crippen LogP contribution in [0.3, 0.4) is 0 Å².